The highest BCUT2D eigenvalue weighted by Crippen LogP contribution is 2.32. The molecule has 0 aromatic carbocycles. The molecule has 19 heavy (non-hydrogen) atoms. The molecule has 1 aromatic heterocycles. The number of carboxylic acids is 1. The number of nitrogens with one attached hydrogen (secondary N) is 1. The minimum Gasteiger partial charge on any atom is -0.480 e. The first-order valence-corrected chi connectivity index (χ1v) is 6.13. The summed E-state index contributed by atoms with van der Waals surface area (Å²) in [5.41, 5.74) is 0. The largest absolute Gasteiger partial charge is 0.480 e. The van der Waals surface area contributed by atoms with Gasteiger partial charge < -0.3 is 20.5 Å². The Hall–Kier alpha value is -1.96. The molecule has 0 amide bonds. The molecule has 104 valence electrons. The summed E-state index contributed by atoms with van der Waals surface area (Å²) in [6.07, 6.45) is 3.06. The fourth-order valence-electron chi connectivity index (χ4n) is 2.10. The number of imidazole rings is 1. The predicted octanol–water partition coefficient (Wildman–Crippen LogP) is 0.553. The van der Waals surface area contributed by atoms with Crippen LogP contribution in [-0.4, -0.2) is 38.1 Å². The number of nitro groups is 1. The molecule has 0 aliphatic heterocycles. The van der Waals surface area contributed by atoms with Crippen LogP contribution in [0, 0.1) is 23.0 Å². The second-order valence-corrected chi connectivity index (χ2v) is 4.68. The molecule has 1 heterocycles. The summed E-state index contributed by atoms with van der Waals surface area (Å²) in [6, 6.07) is -0.553. The van der Waals surface area contributed by atoms with Gasteiger partial charge in [-0.1, -0.05) is 0 Å². The summed E-state index contributed by atoms with van der Waals surface area (Å²) in [7, 11) is 0. The summed E-state index contributed by atoms with van der Waals surface area (Å²) >= 11 is 0. The Morgan fingerprint density at radius 3 is 2.95 bits per heavy atom. The third-order valence-corrected chi connectivity index (χ3v) is 3.28. The summed E-state index contributed by atoms with van der Waals surface area (Å²) < 4.78 is 1.47. The smallest absolute Gasteiger partial charge is 0.342 e. The van der Waals surface area contributed by atoms with Crippen LogP contribution in [0.1, 0.15) is 18.7 Å². The van der Waals surface area contributed by atoms with E-state index >= 15 is 0 Å². The monoisotopic (exact) mass is 268 g/mol. The van der Waals surface area contributed by atoms with Crippen molar-refractivity contribution in [1.29, 1.82) is 0 Å². The molecular formula is C11H16N4O4. The maximum atomic E-state index is 11.0. The first kappa shape index (κ1) is 13.5. The number of aliphatic carboxylic acids is 1. The summed E-state index contributed by atoms with van der Waals surface area (Å²) in [5, 5.41) is 22.8. The van der Waals surface area contributed by atoms with Crippen LogP contribution >= 0.6 is 0 Å². The normalized spacial score (nSPS) is 16.3. The summed E-state index contributed by atoms with van der Waals surface area (Å²) in [6.45, 7) is 2.38. The highest BCUT2D eigenvalue weighted by molar-refractivity contribution is 5.74. The third kappa shape index (κ3) is 3.08. The lowest BCUT2D eigenvalue weighted by Gasteiger charge is -2.12. The van der Waals surface area contributed by atoms with Crippen molar-refractivity contribution >= 4 is 11.8 Å². The van der Waals surface area contributed by atoms with Crippen molar-refractivity contribution in [3.63, 3.8) is 0 Å². The van der Waals surface area contributed by atoms with Gasteiger partial charge >= 0.3 is 11.8 Å². The molecule has 1 atom stereocenters. The molecule has 0 spiro atoms. The fourth-order valence-corrected chi connectivity index (χ4v) is 2.10. The molecule has 0 saturated heterocycles. The zero-order chi connectivity index (χ0) is 14.0. The van der Waals surface area contributed by atoms with E-state index in [1.165, 1.54) is 10.8 Å². The van der Waals surface area contributed by atoms with Crippen LogP contribution in [0.15, 0.2) is 6.20 Å². The topological polar surface area (TPSA) is 110 Å². The summed E-state index contributed by atoms with van der Waals surface area (Å²) in [4.78, 5) is 25.2. The lowest BCUT2D eigenvalue weighted by Crippen LogP contribution is -2.40. The van der Waals surface area contributed by atoms with Crippen LogP contribution in [0.25, 0.3) is 0 Å². The Morgan fingerprint density at radius 1 is 1.74 bits per heavy atom. The van der Waals surface area contributed by atoms with Crippen LogP contribution in [0.5, 0.6) is 0 Å². The van der Waals surface area contributed by atoms with Gasteiger partial charge in [-0.2, -0.15) is 0 Å². The van der Waals surface area contributed by atoms with Gasteiger partial charge in [-0.15, -0.1) is 0 Å². The number of aryl methyl sites for hydroxylation is 1. The molecule has 0 radical (unpaired) electrons. The molecular weight excluding hydrogens is 252 g/mol. The zero-order valence-electron chi connectivity index (χ0n) is 10.6. The van der Waals surface area contributed by atoms with E-state index in [4.69, 9.17) is 5.11 Å². The Balaban J connectivity index is 1.93. The van der Waals surface area contributed by atoms with Gasteiger partial charge in [0.2, 0.25) is 0 Å². The fraction of sp³-hybridized carbons (Fsp3) is 0.636. The minimum atomic E-state index is -0.862. The van der Waals surface area contributed by atoms with Gasteiger partial charge in [-0.3, -0.25) is 4.79 Å². The van der Waals surface area contributed by atoms with Crippen LogP contribution in [0.3, 0.4) is 0 Å². The van der Waals surface area contributed by atoms with Crippen LogP contribution in [0.4, 0.5) is 5.82 Å². The van der Waals surface area contributed by atoms with Crippen molar-refractivity contribution in [3.8, 4) is 0 Å². The summed E-state index contributed by atoms with van der Waals surface area (Å²) in [5.74, 6) is -0.194. The van der Waals surface area contributed by atoms with E-state index in [9.17, 15) is 14.9 Å². The standard InChI is InChI=1S/C11H16N4O4/c1-7-13-6-9(15(18)19)14(7)5-4-12-10(11(16)17)8-2-3-8/h6,8,10,12H,2-5H2,1H3,(H,16,17). The van der Waals surface area contributed by atoms with Crippen molar-refractivity contribution in [1.82, 2.24) is 14.9 Å². The quantitative estimate of drug-likeness (QED) is 0.552. The first-order valence-electron chi connectivity index (χ1n) is 6.13. The molecule has 0 bridgehead atoms. The number of rotatable bonds is 7. The second-order valence-electron chi connectivity index (χ2n) is 4.68. The van der Waals surface area contributed by atoms with Crippen molar-refractivity contribution in [2.45, 2.75) is 32.4 Å². The lowest BCUT2D eigenvalue weighted by atomic mass is 10.2. The first-order chi connectivity index (χ1) is 9.00. The maximum absolute atomic E-state index is 11.0. The van der Waals surface area contributed by atoms with Gasteiger partial charge in [0.15, 0.2) is 5.82 Å². The lowest BCUT2D eigenvalue weighted by molar-refractivity contribution is -0.392. The van der Waals surface area contributed by atoms with E-state index in [0.717, 1.165) is 12.8 Å². The number of carboxylic acid groups (broad SMARTS) is 1. The molecule has 2 rings (SSSR count). The second kappa shape index (κ2) is 5.35. The third-order valence-electron chi connectivity index (χ3n) is 3.28. The molecule has 1 fully saturated rings. The maximum Gasteiger partial charge on any atom is 0.342 e. The minimum absolute atomic E-state index is 0.0717. The van der Waals surface area contributed by atoms with Crippen LogP contribution in [0.2, 0.25) is 0 Å². The molecule has 1 saturated carbocycles. The van der Waals surface area contributed by atoms with Gasteiger partial charge in [0.1, 0.15) is 18.8 Å². The van der Waals surface area contributed by atoms with Crippen molar-refractivity contribution in [3.05, 3.63) is 22.1 Å². The number of carbonyl (C=O) groups is 1. The molecule has 1 aromatic rings. The van der Waals surface area contributed by atoms with Gasteiger partial charge in [0, 0.05) is 13.5 Å². The zero-order valence-corrected chi connectivity index (χ0v) is 10.6. The molecule has 1 unspecified atom stereocenters. The number of aromatic nitrogens is 2. The molecule has 1 aliphatic rings. The Kier molecular flexibility index (Phi) is 3.79. The van der Waals surface area contributed by atoms with Crippen molar-refractivity contribution in [2.75, 3.05) is 6.54 Å². The van der Waals surface area contributed by atoms with E-state index in [1.807, 2.05) is 0 Å². The number of nitrogens with zero attached hydrogens (tertiary/aromatic N) is 3. The molecule has 8 heteroatoms. The Morgan fingerprint density at radius 2 is 2.42 bits per heavy atom. The van der Waals surface area contributed by atoms with E-state index in [1.54, 1.807) is 6.92 Å². The van der Waals surface area contributed by atoms with Gasteiger partial charge in [0.25, 0.3) is 0 Å². The van der Waals surface area contributed by atoms with Crippen molar-refractivity contribution < 1.29 is 14.8 Å². The Bertz CT molecular complexity index is 495. The average molecular weight is 268 g/mol. The average Bonchev–Trinajstić information content (AvgIpc) is 3.09. The van der Waals surface area contributed by atoms with Gasteiger partial charge in [0.05, 0.1) is 0 Å². The van der Waals surface area contributed by atoms with Crippen LogP contribution < -0.4 is 5.32 Å². The van der Waals surface area contributed by atoms with E-state index < -0.39 is 16.9 Å². The number of hydrogen-bond donors (Lipinski definition) is 2. The van der Waals surface area contributed by atoms with E-state index in [-0.39, 0.29) is 11.7 Å². The van der Waals surface area contributed by atoms with E-state index in [0.29, 0.717) is 18.9 Å². The molecule has 2 N–H and O–H groups in total. The SMILES string of the molecule is Cc1ncc([N+](=O)[O-])n1CCNC(C(=O)O)C1CC1. The van der Waals surface area contributed by atoms with Gasteiger partial charge in [-0.05, 0) is 23.7 Å². The Labute approximate surface area is 109 Å². The predicted molar refractivity (Wildman–Crippen MR) is 65.8 cm³/mol. The van der Waals surface area contributed by atoms with Crippen LogP contribution in [-0.2, 0) is 11.3 Å². The highest BCUT2D eigenvalue weighted by atomic mass is 16.6. The molecule has 8 nitrogen and oxygen atoms in total. The van der Waals surface area contributed by atoms with Gasteiger partial charge in [-0.25, -0.2) is 9.55 Å². The van der Waals surface area contributed by atoms with E-state index in [2.05, 4.69) is 10.3 Å². The highest BCUT2D eigenvalue weighted by Gasteiger charge is 2.35. The number of hydrogen-bond acceptors (Lipinski definition) is 5. The van der Waals surface area contributed by atoms with Crippen molar-refractivity contribution in [2.24, 2.45) is 5.92 Å². The molecule has 1 aliphatic carbocycles.